The maximum absolute atomic E-state index is 14.5. The molecule has 4 saturated carbocycles. The first-order valence-corrected chi connectivity index (χ1v) is 16.9. The number of nitriles is 1. The molecule has 0 aromatic rings. The highest BCUT2D eigenvalue weighted by Gasteiger charge is 2.70. The maximum atomic E-state index is 14.5. The van der Waals surface area contributed by atoms with Crippen LogP contribution >= 0.6 is 0 Å². The van der Waals surface area contributed by atoms with Gasteiger partial charge in [-0.15, -0.1) is 0 Å². The minimum atomic E-state index is -3.42. The summed E-state index contributed by atoms with van der Waals surface area (Å²) in [5, 5.41) is 9.62. The largest absolute Gasteiger partial charge is 0.295 e. The van der Waals surface area contributed by atoms with Crippen LogP contribution in [0.3, 0.4) is 0 Å². The van der Waals surface area contributed by atoms with Gasteiger partial charge in [-0.1, -0.05) is 60.1 Å². The molecule has 2 unspecified atom stereocenters. The van der Waals surface area contributed by atoms with Crippen LogP contribution in [0.4, 0.5) is 0 Å². The Kier molecular flexibility index (Phi) is 5.80. The van der Waals surface area contributed by atoms with Crippen molar-refractivity contribution in [3.8, 4) is 6.07 Å². The number of allylic oxidation sites excluding steroid dienone is 4. The number of ketones is 2. The van der Waals surface area contributed by atoms with Gasteiger partial charge in [-0.3, -0.25) is 9.59 Å². The van der Waals surface area contributed by atoms with Gasteiger partial charge in [0.2, 0.25) is 10.0 Å². The quantitative estimate of drug-likeness (QED) is 0.449. The van der Waals surface area contributed by atoms with Gasteiger partial charge in [-0.05, 0) is 91.9 Å². The molecule has 6 rings (SSSR count). The lowest BCUT2D eigenvalue weighted by molar-refractivity contribution is -0.159. The fourth-order valence-electron chi connectivity index (χ4n) is 10.6. The fraction of sp³-hybridized carbons (Fsp3) is 0.788. The number of Topliss-reactive ketones (excluding diaryl/α,β-unsaturated/α-hetero) is 1. The second kappa shape index (κ2) is 8.19. The van der Waals surface area contributed by atoms with Crippen LogP contribution in [-0.2, 0) is 19.6 Å². The first-order valence-electron chi connectivity index (χ1n) is 15.3. The summed E-state index contributed by atoms with van der Waals surface area (Å²) in [5.74, 6) is -0.308. The Hall–Kier alpha value is -1.78. The van der Waals surface area contributed by atoms with Gasteiger partial charge in [0.05, 0.1) is 10.8 Å². The number of hydrogen-bond acceptors (Lipinski definition) is 5. The highest BCUT2D eigenvalue weighted by atomic mass is 32.2. The Morgan fingerprint density at radius 2 is 1.57 bits per heavy atom. The van der Waals surface area contributed by atoms with Crippen molar-refractivity contribution in [3.63, 3.8) is 0 Å². The lowest BCUT2D eigenvalue weighted by Crippen LogP contribution is -2.69. The van der Waals surface area contributed by atoms with E-state index >= 15 is 0 Å². The Morgan fingerprint density at radius 3 is 2.20 bits per heavy atom. The number of carbonyl (C=O) groups is 2. The maximum Gasteiger partial charge on any atom is 0.214 e. The number of carbonyl (C=O) groups excluding carboxylic acids is 2. The number of fused-ring (bicyclic) bond motifs is 7. The fourth-order valence-corrected chi connectivity index (χ4v) is 12.4. The third kappa shape index (κ3) is 3.57. The third-order valence-corrected chi connectivity index (χ3v) is 15.2. The summed E-state index contributed by atoms with van der Waals surface area (Å²) >= 11 is 0. The Morgan fingerprint density at radius 1 is 0.925 bits per heavy atom. The molecular weight excluding hydrogens is 520 g/mol. The highest BCUT2D eigenvalue weighted by molar-refractivity contribution is 7.90. The van der Waals surface area contributed by atoms with E-state index in [-0.39, 0.29) is 56.4 Å². The minimum Gasteiger partial charge on any atom is -0.295 e. The van der Waals surface area contributed by atoms with Crippen molar-refractivity contribution in [1.82, 2.24) is 4.72 Å². The van der Waals surface area contributed by atoms with E-state index in [0.717, 1.165) is 63.4 Å². The second-order valence-electron chi connectivity index (χ2n) is 16.3. The van der Waals surface area contributed by atoms with Crippen LogP contribution in [0, 0.1) is 56.2 Å². The van der Waals surface area contributed by atoms with Crippen molar-refractivity contribution in [3.05, 3.63) is 23.3 Å². The molecule has 7 atom stereocenters. The summed E-state index contributed by atoms with van der Waals surface area (Å²) in [6, 6.07) is 2.17. The van der Waals surface area contributed by atoms with Crippen LogP contribution in [0.5, 0.6) is 0 Å². The number of hydrogen-bond donors (Lipinski definition) is 1. The van der Waals surface area contributed by atoms with Gasteiger partial charge in [0, 0.05) is 22.3 Å². The zero-order chi connectivity index (χ0) is 29.3. The lowest BCUT2D eigenvalue weighted by atomic mass is 9.35. The smallest absolute Gasteiger partial charge is 0.214 e. The molecule has 0 aromatic carbocycles. The minimum absolute atomic E-state index is 0.0125. The van der Waals surface area contributed by atoms with Crippen molar-refractivity contribution in [1.29, 1.82) is 5.26 Å². The first-order chi connectivity index (χ1) is 18.4. The summed E-state index contributed by atoms with van der Waals surface area (Å²) in [4.78, 5) is 27.8. The van der Waals surface area contributed by atoms with E-state index < -0.39 is 26.4 Å². The Labute approximate surface area is 240 Å². The van der Waals surface area contributed by atoms with Gasteiger partial charge in [0.15, 0.2) is 11.6 Å². The van der Waals surface area contributed by atoms with E-state index in [9.17, 15) is 23.3 Å². The molecule has 0 saturated heterocycles. The van der Waals surface area contributed by atoms with Gasteiger partial charge in [0.1, 0.15) is 6.07 Å². The second-order valence-corrected chi connectivity index (χ2v) is 18.2. The zero-order valence-electron chi connectivity index (χ0n) is 25.3. The molecule has 0 aliphatic heterocycles. The van der Waals surface area contributed by atoms with E-state index in [1.807, 2.05) is 26.0 Å². The van der Waals surface area contributed by atoms with Crippen LogP contribution in [-0.4, -0.2) is 30.8 Å². The molecule has 0 spiro atoms. The monoisotopic (exact) mass is 566 g/mol. The zero-order valence-corrected chi connectivity index (χ0v) is 26.1. The summed E-state index contributed by atoms with van der Waals surface area (Å²) in [6.07, 6.45) is 11.0. The number of sulfonamides is 1. The van der Waals surface area contributed by atoms with E-state index in [0.29, 0.717) is 0 Å². The average molecular weight is 567 g/mol. The van der Waals surface area contributed by atoms with Crippen LogP contribution in [0.15, 0.2) is 23.3 Å². The Balaban J connectivity index is 1.50. The molecular formula is C33H46N2O4S. The molecule has 0 aromatic heterocycles. The topological polar surface area (TPSA) is 104 Å². The number of rotatable bonds is 3. The predicted molar refractivity (Wildman–Crippen MR) is 154 cm³/mol. The molecule has 1 N–H and O–H groups in total. The molecule has 6 aliphatic carbocycles. The van der Waals surface area contributed by atoms with E-state index in [2.05, 4.69) is 45.4 Å². The van der Waals surface area contributed by atoms with Crippen molar-refractivity contribution < 1.29 is 18.0 Å². The van der Waals surface area contributed by atoms with Crippen molar-refractivity contribution >= 4 is 21.6 Å². The summed E-state index contributed by atoms with van der Waals surface area (Å²) < 4.78 is 30.0. The molecule has 0 heterocycles. The van der Waals surface area contributed by atoms with Crippen LogP contribution in [0.2, 0.25) is 0 Å². The average Bonchev–Trinajstić information content (AvgIpc) is 3.70. The number of nitrogens with zero attached hydrogens (tertiary/aromatic N) is 1. The standard InChI is InChI=1S/C33H46N2O4S/c1-28(2)12-14-33(35-40(38,39)21-8-9-21)15-13-32(7)26(22(33)18-28)23(36)16-25-30(5)17-20(19-34)27(37)29(3,4)24(30)10-11-31(25,32)6/h16-17,21-22,24,26,35H,8-15,18H2,1-7H3/t22?,24-,26?,30-,31+,32+,33-/m0/s1. The van der Waals surface area contributed by atoms with E-state index in [1.165, 1.54) is 0 Å². The molecule has 4 fully saturated rings. The van der Waals surface area contributed by atoms with Gasteiger partial charge in [-0.2, -0.15) is 5.26 Å². The molecule has 0 bridgehead atoms. The van der Waals surface area contributed by atoms with Crippen molar-refractivity contribution in [2.75, 3.05) is 0 Å². The first kappa shape index (κ1) is 28.3. The third-order valence-electron chi connectivity index (χ3n) is 13.2. The Bertz CT molecular complexity index is 1410. The van der Waals surface area contributed by atoms with E-state index in [4.69, 9.17) is 0 Å². The lowest BCUT2D eigenvalue weighted by Gasteiger charge is -2.69. The van der Waals surface area contributed by atoms with Crippen LogP contribution in [0.25, 0.3) is 0 Å². The molecule has 40 heavy (non-hydrogen) atoms. The van der Waals surface area contributed by atoms with E-state index in [1.54, 1.807) is 0 Å². The van der Waals surface area contributed by atoms with Crippen LogP contribution < -0.4 is 4.72 Å². The summed E-state index contributed by atoms with van der Waals surface area (Å²) in [5.41, 5.74) is -1.15. The highest BCUT2D eigenvalue weighted by Crippen LogP contribution is 2.73. The molecule has 218 valence electrons. The molecule has 0 amide bonds. The van der Waals surface area contributed by atoms with Crippen molar-refractivity contribution in [2.24, 2.45) is 44.8 Å². The van der Waals surface area contributed by atoms with Gasteiger partial charge in [-0.25, -0.2) is 13.1 Å². The van der Waals surface area contributed by atoms with Crippen LogP contribution in [0.1, 0.15) is 106 Å². The SMILES string of the molecule is CC1(C)CC[C@]2(NS(=O)(=O)C3CC3)CC[C@]3(C)C(C(=O)C=C4[C@@]5(C)C=C(C#N)C(=O)C(C)(C)[C@@H]5CC[C@]43C)C2C1. The van der Waals surface area contributed by atoms with Gasteiger partial charge in [0.25, 0.3) is 0 Å². The molecule has 0 radical (unpaired) electrons. The summed E-state index contributed by atoms with van der Waals surface area (Å²) in [7, 11) is -3.42. The molecule has 7 heteroatoms. The molecule has 6 aliphatic rings. The van der Waals surface area contributed by atoms with Crippen molar-refractivity contribution in [2.45, 2.75) is 117 Å². The molecule has 6 nitrogen and oxygen atoms in total. The van der Waals surface area contributed by atoms with Gasteiger partial charge < -0.3 is 0 Å². The number of nitrogens with one attached hydrogen (secondary N) is 1. The predicted octanol–water partition coefficient (Wildman–Crippen LogP) is 6.04. The summed E-state index contributed by atoms with van der Waals surface area (Å²) in [6.45, 7) is 15.2. The normalized spacial score (nSPS) is 45.6. The van der Waals surface area contributed by atoms with Gasteiger partial charge >= 0.3 is 0 Å².